The molecule has 0 aliphatic carbocycles. The predicted molar refractivity (Wildman–Crippen MR) is 89.0 cm³/mol. The maximum atomic E-state index is 12.5. The summed E-state index contributed by atoms with van der Waals surface area (Å²) in [6, 6.07) is 9.63. The van der Waals surface area contributed by atoms with Crippen molar-refractivity contribution in [2.45, 2.75) is 39.3 Å². The number of nitrogens with one attached hydrogen (secondary N) is 1. The fourth-order valence-electron chi connectivity index (χ4n) is 2.50. The van der Waals surface area contributed by atoms with Crippen LogP contribution in [0.3, 0.4) is 0 Å². The molecule has 0 aliphatic rings. The minimum absolute atomic E-state index is 0.188. The zero-order valence-corrected chi connectivity index (χ0v) is 13.3. The molecule has 1 unspecified atom stereocenters. The van der Waals surface area contributed by atoms with Crippen LogP contribution in [-0.2, 0) is 6.54 Å². The Balaban J connectivity index is 2.71. The van der Waals surface area contributed by atoms with E-state index in [2.05, 4.69) is 17.3 Å². The number of hydrogen-bond acceptors (Lipinski definition) is 4. The Kier molecular flexibility index (Phi) is 5.33. The van der Waals surface area contributed by atoms with E-state index >= 15 is 0 Å². The molecule has 1 aromatic carbocycles. The quantitative estimate of drug-likeness (QED) is 0.861. The average Bonchev–Trinajstić information content (AvgIpc) is 2.53. The zero-order chi connectivity index (χ0) is 16.1. The Morgan fingerprint density at radius 2 is 2.00 bits per heavy atom. The number of aromatic nitrogens is 2. The van der Waals surface area contributed by atoms with Crippen LogP contribution >= 0.6 is 0 Å². The number of hydrogen-bond donors (Lipinski definition) is 2. The van der Waals surface area contributed by atoms with Gasteiger partial charge in [-0.1, -0.05) is 43.7 Å². The van der Waals surface area contributed by atoms with Crippen LogP contribution in [0.2, 0.25) is 0 Å². The van der Waals surface area contributed by atoms with Crippen molar-refractivity contribution < 1.29 is 5.11 Å². The van der Waals surface area contributed by atoms with Crippen molar-refractivity contribution in [2.75, 3.05) is 12.4 Å². The number of unbranched alkanes of at least 4 members (excludes halogenated alkanes) is 1. The number of aliphatic hydroxyl groups is 1. The van der Waals surface area contributed by atoms with Gasteiger partial charge >= 0.3 is 0 Å². The third kappa shape index (κ3) is 3.20. The number of aliphatic hydroxyl groups excluding tert-OH is 1. The molecule has 5 heteroatoms. The second-order valence-corrected chi connectivity index (χ2v) is 5.31. The Morgan fingerprint density at radius 1 is 1.32 bits per heavy atom. The van der Waals surface area contributed by atoms with Crippen LogP contribution in [0.25, 0.3) is 11.3 Å². The fourth-order valence-corrected chi connectivity index (χ4v) is 2.50. The van der Waals surface area contributed by atoms with Crippen LogP contribution in [0.1, 0.15) is 38.4 Å². The van der Waals surface area contributed by atoms with Crippen LogP contribution < -0.4 is 10.9 Å². The van der Waals surface area contributed by atoms with Gasteiger partial charge in [0.2, 0.25) is 0 Å². The highest BCUT2D eigenvalue weighted by Crippen LogP contribution is 2.29. The second-order valence-electron chi connectivity index (χ2n) is 5.31. The number of rotatable bonds is 6. The van der Waals surface area contributed by atoms with E-state index in [4.69, 9.17) is 0 Å². The molecule has 0 aliphatic heterocycles. The van der Waals surface area contributed by atoms with E-state index in [1.807, 2.05) is 30.3 Å². The largest absolute Gasteiger partial charge is 0.389 e. The molecule has 2 N–H and O–H groups in total. The van der Waals surface area contributed by atoms with Crippen molar-refractivity contribution in [1.82, 2.24) is 9.78 Å². The maximum Gasteiger partial charge on any atom is 0.290 e. The maximum absolute atomic E-state index is 12.5. The molecule has 0 spiro atoms. The van der Waals surface area contributed by atoms with E-state index in [-0.39, 0.29) is 5.56 Å². The Morgan fingerprint density at radius 3 is 2.55 bits per heavy atom. The standard InChI is InChI=1S/C17H23N3O2/c1-4-5-11-20-17(22)16(18-3)14(12(2)21)15(19-20)13-9-7-6-8-10-13/h6-10,12,18,21H,4-5,11H2,1-3H3. The Hall–Kier alpha value is -2.14. The molecule has 0 saturated carbocycles. The summed E-state index contributed by atoms with van der Waals surface area (Å²) in [4.78, 5) is 12.5. The van der Waals surface area contributed by atoms with Gasteiger partial charge in [-0.2, -0.15) is 5.10 Å². The van der Waals surface area contributed by atoms with Crippen LogP contribution in [0.15, 0.2) is 35.1 Å². The lowest BCUT2D eigenvalue weighted by Crippen LogP contribution is -2.28. The van der Waals surface area contributed by atoms with Crippen molar-refractivity contribution in [3.8, 4) is 11.3 Å². The molecule has 22 heavy (non-hydrogen) atoms. The van der Waals surface area contributed by atoms with E-state index in [0.717, 1.165) is 18.4 Å². The number of nitrogens with zero attached hydrogens (tertiary/aromatic N) is 2. The highest BCUT2D eigenvalue weighted by molar-refractivity contribution is 5.70. The molecule has 118 valence electrons. The summed E-state index contributed by atoms with van der Waals surface area (Å²) in [7, 11) is 1.70. The van der Waals surface area contributed by atoms with Gasteiger partial charge in [-0.3, -0.25) is 4.79 Å². The minimum atomic E-state index is -0.779. The Labute approximate surface area is 130 Å². The normalized spacial score (nSPS) is 12.2. The first-order chi connectivity index (χ1) is 10.6. The lowest BCUT2D eigenvalue weighted by Gasteiger charge is -2.18. The molecule has 0 fully saturated rings. The lowest BCUT2D eigenvalue weighted by molar-refractivity contribution is 0.199. The first-order valence-electron chi connectivity index (χ1n) is 7.66. The molecule has 0 amide bonds. The third-order valence-corrected chi connectivity index (χ3v) is 3.63. The number of benzene rings is 1. The highest BCUT2D eigenvalue weighted by Gasteiger charge is 2.21. The van der Waals surface area contributed by atoms with Gasteiger partial charge in [-0.05, 0) is 13.3 Å². The third-order valence-electron chi connectivity index (χ3n) is 3.63. The average molecular weight is 301 g/mol. The first-order valence-corrected chi connectivity index (χ1v) is 7.66. The summed E-state index contributed by atoms with van der Waals surface area (Å²) < 4.78 is 1.49. The second kappa shape index (κ2) is 7.22. The molecule has 0 bridgehead atoms. The van der Waals surface area contributed by atoms with Gasteiger partial charge in [0.05, 0.1) is 11.8 Å². The molecular weight excluding hydrogens is 278 g/mol. The summed E-state index contributed by atoms with van der Waals surface area (Å²) >= 11 is 0. The van der Waals surface area contributed by atoms with E-state index < -0.39 is 6.10 Å². The fraction of sp³-hybridized carbons (Fsp3) is 0.412. The topological polar surface area (TPSA) is 67.2 Å². The molecule has 2 rings (SSSR count). The zero-order valence-electron chi connectivity index (χ0n) is 13.3. The van der Waals surface area contributed by atoms with E-state index in [9.17, 15) is 9.90 Å². The monoisotopic (exact) mass is 301 g/mol. The molecule has 0 saturated heterocycles. The lowest BCUT2D eigenvalue weighted by atomic mass is 10.0. The van der Waals surface area contributed by atoms with Gasteiger partial charge in [0.15, 0.2) is 0 Å². The first kappa shape index (κ1) is 16.2. The van der Waals surface area contributed by atoms with Crippen LogP contribution in [0, 0.1) is 0 Å². The van der Waals surface area contributed by atoms with Gasteiger partial charge in [-0.25, -0.2) is 4.68 Å². The predicted octanol–water partition coefficient (Wildman–Crippen LogP) is 2.81. The van der Waals surface area contributed by atoms with E-state index in [0.29, 0.717) is 23.5 Å². The Bertz CT molecular complexity index is 678. The summed E-state index contributed by atoms with van der Waals surface area (Å²) in [5.41, 5.74) is 2.31. The summed E-state index contributed by atoms with van der Waals surface area (Å²) in [6.07, 6.45) is 1.10. The van der Waals surface area contributed by atoms with Crippen molar-refractivity contribution in [1.29, 1.82) is 0 Å². The molecule has 2 aromatic rings. The van der Waals surface area contributed by atoms with Crippen LogP contribution in [0.5, 0.6) is 0 Å². The van der Waals surface area contributed by atoms with Gasteiger partial charge < -0.3 is 10.4 Å². The molecular formula is C17H23N3O2. The molecule has 1 atom stereocenters. The highest BCUT2D eigenvalue weighted by atomic mass is 16.3. The summed E-state index contributed by atoms with van der Waals surface area (Å²) in [6.45, 7) is 4.30. The minimum Gasteiger partial charge on any atom is -0.389 e. The van der Waals surface area contributed by atoms with Crippen LogP contribution in [-0.4, -0.2) is 21.9 Å². The summed E-state index contributed by atoms with van der Waals surface area (Å²) in [5.74, 6) is 0. The van der Waals surface area contributed by atoms with Crippen molar-refractivity contribution in [3.05, 3.63) is 46.2 Å². The smallest absolute Gasteiger partial charge is 0.290 e. The van der Waals surface area contributed by atoms with Gasteiger partial charge in [0, 0.05) is 24.7 Å². The molecule has 5 nitrogen and oxygen atoms in total. The van der Waals surface area contributed by atoms with Gasteiger partial charge in [0.25, 0.3) is 5.56 Å². The molecule has 0 radical (unpaired) electrons. The summed E-state index contributed by atoms with van der Waals surface area (Å²) in [5, 5.41) is 17.6. The van der Waals surface area contributed by atoms with Gasteiger partial charge in [0.1, 0.15) is 5.69 Å². The van der Waals surface area contributed by atoms with Crippen molar-refractivity contribution in [3.63, 3.8) is 0 Å². The number of anilines is 1. The van der Waals surface area contributed by atoms with E-state index in [1.165, 1.54) is 4.68 Å². The van der Waals surface area contributed by atoms with Crippen molar-refractivity contribution in [2.24, 2.45) is 0 Å². The number of aryl methyl sites for hydroxylation is 1. The van der Waals surface area contributed by atoms with Gasteiger partial charge in [-0.15, -0.1) is 0 Å². The molecule has 1 aromatic heterocycles. The van der Waals surface area contributed by atoms with E-state index in [1.54, 1.807) is 14.0 Å². The SMILES string of the molecule is CCCCn1nc(-c2ccccc2)c(C(C)O)c(NC)c1=O. The molecule has 1 heterocycles. The van der Waals surface area contributed by atoms with Crippen LogP contribution in [0.4, 0.5) is 5.69 Å². The van der Waals surface area contributed by atoms with Crippen molar-refractivity contribution >= 4 is 5.69 Å².